The molecule has 30 heavy (non-hydrogen) atoms. The summed E-state index contributed by atoms with van der Waals surface area (Å²) in [4.78, 5) is 8.61. The first-order chi connectivity index (χ1) is 14.7. The van der Waals surface area contributed by atoms with E-state index in [-0.39, 0.29) is 0 Å². The van der Waals surface area contributed by atoms with Gasteiger partial charge in [0.15, 0.2) is 0 Å². The molecule has 1 aromatic rings. The van der Waals surface area contributed by atoms with E-state index in [1.165, 1.54) is 33.0 Å². The summed E-state index contributed by atoms with van der Waals surface area (Å²) < 4.78 is 3.54. The minimum atomic E-state index is 0.420. The van der Waals surface area contributed by atoms with E-state index >= 15 is 0 Å². The second-order valence-electron chi connectivity index (χ2n) is 7.92. The van der Waals surface area contributed by atoms with Crippen LogP contribution in [0.25, 0.3) is 17.3 Å². The number of anilines is 2. The lowest BCUT2D eigenvalue weighted by Crippen LogP contribution is -2.51. The molecule has 5 rings (SSSR count). The van der Waals surface area contributed by atoms with Crippen molar-refractivity contribution in [1.82, 2.24) is 10.3 Å². The number of nitrogens with zero attached hydrogens (tertiary/aromatic N) is 2. The van der Waals surface area contributed by atoms with Crippen LogP contribution in [0.5, 0.6) is 0 Å². The van der Waals surface area contributed by atoms with Crippen LogP contribution < -0.4 is 14.9 Å². The predicted molar refractivity (Wildman–Crippen MR) is 130 cm³/mol. The molecule has 0 spiro atoms. The number of halogens is 1. The van der Waals surface area contributed by atoms with E-state index in [0.717, 1.165) is 43.2 Å². The largest absolute Gasteiger partial charge is 0.366 e. The first kappa shape index (κ1) is 19.7. The van der Waals surface area contributed by atoms with Crippen LogP contribution in [0.15, 0.2) is 53.6 Å². The smallest absolute Gasteiger partial charge is 0.0963 e. The van der Waals surface area contributed by atoms with Gasteiger partial charge in [-0.05, 0) is 55.5 Å². The Balaban J connectivity index is 1.43. The molecule has 3 aliphatic heterocycles. The number of aryl methyl sites for hydroxylation is 1. The molecule has 0 saturated carbocycles. The number of rotatable bonds is 4. The Morgan fingerprint density at radius 1 is 1.20 bits per heavy atom. The number of nitrogens with one attached hydrogen (secondary N) is 2. The van der Waals surface area contributed by atoms with E-state index in [4.69, 9.17) is 16.6 Å². The molecule has 0 aromatic heterocycles. The van der Waals surface area contributed by atoms with Crippen molar-refractivity contribution >= 4 is 41.0 Å². The number of allylic oxidation sites excluding steroid dienone is 1. The molecule has 6 heteroatoms. The average Bonchev–Trinajstić information content (AvgIpc) is 2.88. The maximum atomic E-state index is 6.37. The number of piperazine rings is 1. The highest BCUT2D eigenvalue weighted by Crippen LogP contribution is 2.50. The van der Waals surface area contributed by atoms with Gasteiger partial charge in [-0.15, -0.1) is 0 Å². The van der Waals surface area contributed by atoms with Crippen LogP contribution in [0.3, 0.4) is 0 Å². The minimum Gasteiger partial charge on any atom is -0.366 e. The Labute approximate surface area is 187 Å². The maximum absolute atomic E-state index is 6.37. The Hall–Kier alpha value is -2.21. The molecule has 1 saturated heterocycles. The van der Waals surface area contributed by atoms with Crippen LogP contribution in [0.1, 0.15) is 24.5 Å². The van der Waals surface area contributed by atoms with Crippen LogP contribution in [-0.4, -0.2) is 30.7 Å². The van der Waals surface area contributed by atoms with Crippen molar-refractivity contribution in [2.75, 3.05) is 29.3 Å². The monoisotopic (exact) mass is 436 g/mol. The summed E-state index contributed by atoms with van der Waals surface area (Å²) in [5.41, 5.74) is 7.20. The molecule has 0 unspecified atom stereocenters. The fraction of sp³-hybridized carbons (Fsp3) is 0.292. The minimum absolute atomic E-state index is 0.420. The fourth-order valence-corrected chi connectivity index (χ4v) is 5.33. The first-order valence-electron chi connectivity index (χ1n) is 10.4. The molecule has 1 fully saturated rings. The second kappa shape index (κ2) is 8.50. The number of benzene rings is 1. The standard InChI is InChI=1S/C24H25ClN4S/c1-16-14-20-22(28-30-16)19-7-4-5-11-27-23(19)24(20)29-13-12-26-18(15-29)10-9-17-6-2-3-8-21(17)25/h2-8,11,14,18,26,28H,9-10,12-13,15H2,1H3/t18-/m0/s1. The van der Waals surface area contributed by atoms with Gasteiger partial charge < -0.3 is 14.9 Å². The second-order valence-corrected chi connectivity index (χ2v) is 9.37. The number of hydrogen-bond donors (Lipinski definition) is 2. The lowest BCUT2D eigenvalue weighted by molar-refractivity contribution is 0.434. The molecule has 154 valence electrons. The SMILES string of the molecule is CC1=Cc2c(c3ccccnc-3c2N2CCN[C@@H](CCc3ccccc3Cl)C2)NS1. The van der Waals surface area contributed by atoms with E-state index in [1.54, 1.807) is 11.9 Å². The van der Waals surface area contributed by atoms with E-state index in [1.807, 2.05) is 24.4 Å². The summed E-state index contributed by atoms with van der Waals surface area (Å²) in [6, 6.07) is 14.8. The molecule has 3 heterocycles. The lowest BCUT2D eigenvalue weighted by atomic mass is 10.0. The zero-order chi connectivity index (χ0) is 20.5. The van der Waals surface area contributed by atoms with Gasteiger partial charge in [0.1, 0.15) is 0 Å². The normalized spacial score (nSPS) is 18.7. The predicted octanol–water partition coefficient (Wildman–Crippen LogP) is 5.69. The number of fused-ring (bicyclic) bond motifs is 3. The third-order valence-electron chi connectivity index (χ3n) is 5.89. The van der Waals surface area contributed by atoms with Crippen LogP contribution in [0.2, 0.25) is 5.02 Å². The van der Waals surface area contributed by atoms with Crippen LogP contribution >= 0.6 is 23.5 Å². The fourth-order valence-electron chi connectivity index (χ4n) is 4.44. The molecular weight excluding hydrogens is 412 g/mol. The maximum Gasteiger partial charge on any atom is 0.0963 e. The van der Waals surface area contributed by atoms with Gasteiger partial charge in [-0.1, -0.05) is 41.9 Å². The zero-order valence-electron chi connectivity index (χ0n) is 17.0. The number of hydrogen-bond acceptors (Lipinski definition) is 5. The Bertz CT molecular complexity index is 1070. The Morgan fingerprint density at radius 3 is 2.97 bits per heavy atom. The van der Waals surface area contributed by atoms with Gasteiger partial charge in [-0.2, -0.15) is 0 Å². The third-order valence-corrected chi connectivity index (χ3v) is 7.01. The van der Waals surface area contributed by atoms with Crippen molar-refractivity contribution in [3.05, 3.63) is 69.7 Å². The summed E-state index contributed by atoms with van der Waals surface area (Å²) >= 11 is 8.05. The quantitative estimate of drug-likeness (QED) is 0.514. The van der Waals surface area contributed by atoms with Crippen LogP contribution in [0, 0.1) is 0 Å². The molecule has 2 N–H and O–H groups in total. The molecule has 1 aromatic carbocycles. The Kier molecular flexibility index (Phi) is 5.59. The summed E-state index contributed by atoms with van der Waals surface area (Å²) in [5.74, 6) is 0. The summed E-state index contributed by atoms with van der Waals surface area (Å²) in [6.45, 7) is 5.07. The molecule has 4 aliphatic rings. The topological polar surface area (TPSA) is 40.2 Å². The van der Waals surface area contributed by atoms with E-state index in [0.29, 0.717) is 6.04 Å². The highest BCUT2D eigenvalue weighted by Gasteiger charge is 2.31. The van der Waals surface area contributed by atoms with E-state index in [9.17, 15) is 0 Å². The van der Waals surface area contributed by atoms with Gasteiger partial charge in [0.05, 0.1) is 17.1 Å². The van der Waals surface area contributed by atoms with Gasteiger partial charge in [0, 0.05) is 52.9 Å². The molecule has 1 aliphatic carbocycles. The molecular formula is C24H25ClN4S. The van der Waals surface area contributed by atoms with Crippen molar-refractivity contribution in [3.8, 4) is 11.3 Å². The summed E-state index contributed by atoms with van der Waals surface area (Å²) in [7, 11) is 0. The van der Waals surface area contributed by atoms with Crippen LogP contribution in [-0.2, 0) is 6.42 Å². The van der Waals surface area contributed by atoms with Gasteiger partial charge in [-0.25, -0.2) is 0 Å². The van der Waals surface area contributed by atoms with E-state index in [2.05, 4.69) is 52.2 Å². The van der Waals surface area contributed by atoms with Crippen molar-refractivity contribution in [2.24, 2.45) is 0 Å². The molecule has 4 nitrogen and oxygen atoms in total. The highest BCUT2D eigenvalue weighted by atomic mass is 35.5. The van der Waals surface area contributed by atoms with Gasteiger partial charge in [0.25, 0.3) is 0 Å². The van der Waals surface area contributed by atoms with Crippen molar-refractivity contribution in [3.63, 3.8) is 0 Å². The molecule has 0 bridgehead atoms. The third kappa shape index (κ3) is 3.78. The molecule has 1 atom stereocenters. The van der Waals surface area contributed by atoms with Crippen molar-refractivity contribution in [1.29, 1.82) is 0 Å². The lowest BCUT2D eigenvalue weighted by Gasteiger charge is -2.36. The summed E-state index contributed by atoms with van der Waals surface area (Å²) in [5, 5.41) is 4.57. The number of aromatic nitrogens is 1. The van der Waals surface area contributed by atoms with Crippen molar-refractivity contribution in [2.45, 2.75) is 25.8 Å². The van der Waals surface area contributed by atoms with Crippen LogP contribution in [0.4, 0.5) is 11.4 Å². The highest BCUT2D eigenvalue weighted by molar-refractivity contribution is 8.04. The van der Waals surface area contributed by atoms with Gasteiger partial charge >= 0.3 is 0 Å². The molecule has 0 amide bonds. The van der Waals surface area contributed by atoms with E-state index < -0.39 is 0 Å². The van der Waals surface area contributed by atoms with Gasteiger partial charge in [-0.3, -0.25) is 4.98 Å². The molecule has 0 radical (unpaired) electrons. The van der Waals surface area contributed by atoms with Gasteiger partial charge in [0.2, 0.25) is 0 Å². The summed E-state index contributed by atoms with van der Waals surface area (Å²) in [6.07, 6.45) is 6.24. The zero-order valence-corrected chi connectivity index (χ0v) is 18.6. The average molecular weight is 437 g/mol. The Morgan fingerprint density at radius 2 is 2.07 bits per heavy atom. The first-order valence-corrected chi connectivity index (χ1v) is 11.6. The van der Waals surface area contributed by atoms with Crippen molar-refractivity contribution < 1.29 is 0 Å².